The zero-order valence-electron chi connectivity index (χ0n) is 13.8. The first-order valence-electron chi connectivity index (χ1n) is 8.43. The smallest absolute Gasteiger partial charge is 0.238 e. The number of aromatic nitrogens is 2. The second kappa shape index (κ2) is 5.98. The lowest BCUT2D eigenvalue weighted by atomic mass is 10.3. The summed E-state index contributed by atoms with van der Waals surface area (Å²) in [6.07, 6.45) is 2.87. The Hall–Kier alpha value is -1.70. The monoisotopic (exact) mass is 346 g/mol. The van der Waals surface area contributed by atoms with Gasteiger partial charge in [-0.05, 0) is 44.4 Å². The highest BCUT2D eigenvalue weighted by atomic mass is 32.2. The summed E-state index contributed by atoms with van der Waals surface area (Å²) >= 11 is 0. The third-order valence-corrected chi connectivity index (χ3v) is 6.68. The lowest BCUT2D eigenvalue weighted by molar-refractivity contribution is 0.273. The van der Waals surface area contributed by atoms with Crippen LogP contribution in [0.2, 0.25) is 0 Å². The molecule has 4 rings (SSSR count). The molecule has 128 valence electrons. The molecule has 7 heteroatoms. The summed E-state index contributed by atoms with van der Waals surface area (Å²) < 4.78 is 30.7. The van der Waals surface area contributed by atoms with E-state index in [0.29, 0.717) is 19.6 Å². The number of nitrogens with zero attached hydrogens (tertiary/aromatic N) is 4. The van der Waals surface area contributed by atoms with Crippen LogP contribution >= 0.6 is 0 Å². The molecule has 1 aromatic carbocycles. The van der Waals surface area contributed by atoms with Crippen LogP contribution in [0.3, 0.4) is 0 Å². The van der Waals surface area contributed by atoms with Crippen LogP contribution < -0.4 is 0 Å². The van der Waals surface area contributed by atoms with Crippen molar-refractivity contribution in [2.24, 2.45) is 0 Å². The molecule has 0 atom stereocenters. The summed E-state index contributed by atoms with van der Waals surface area (Å²) in [7, 11) is -3.35. The van der Waals surface area contributed by atoms with Gasteiger partial charge in [-0.3, -0.25) is 0 Å². The highest BCUT2D eigenvalue weighted by molar-refractivity contribution is 7.86. The Morgan fingerprint density at radius 1 is 1.17 bits per heavy atom. The molecular weight excluding hydrogens is 324 g/mol. The van der Waals surface area contributed by atoms with Gasteiger partial charge in [0.1, 0.15) is 0 Å². The van der Waals surface area contributed by atoms with Crippen molar-refractivity contribution in [1.29, 1.82) is 0 Å². The number of hydrogen-bond acceptors (Lipinski definition) is 3. The van der Waals surface area contributed by atoms with Gasteiger partial charge in [0.05, 0.1) is 17.9 Å². The highest BCUT2D eigenvalue weighted by Crippen LogP contribution is 2.33. The van der Waals surface area contributed by atoms with Crippen LogP contribution in [0.4, 0.5) is 0 Å². The summed E-state index contributed by atoms with van der Waals surface area (Å²) in [5.74, 6) is 0. The van der Waals surface area contributed by atoms with E-state index in [4.69, 9.17) is 0 Å². The summed E-state index contributed by atoms with van der Waals surface area (Å²) in [6.45, 7) is 3.56. The number of benzene rings is 1. The number of hydrogen-bond donors (Lipinski definition) is 0. The van der Waals surface area contributed by atoms with Crippen LogP contribution in [0.1, 0.15) is 30.7 Å². The molecule has 2 heterocycles. The van der Waals surface area contributed by atoms with Gasteiger partial charge < -0.3 is 0 Å². The van der Waals surface area contributed by atoms with Gasteiger partial charge in [-0.2, -0.15) is 22.1 Å². The van der Waals surface area contributed by atoms with Crippen molar-refractivity contribution in [3.63, 3.8) is 0 Å². The van der Waals surface area contributed by atoms with Crippen molar-refractivity contribution in [3.8, 4) is 5.69 Å². The zero-order chi connectivity index (χ0) is 16.7. The first-order valence-corrected chi connectivity index (χ1v) is 9.83. The third kappa shape index (κ3) is 2.87. The molecule has 0 spiro atoms. The van der Waals surface area contributed by atoms with Gasteiger partial charge >= 0.3 is 0 Å². The predicted octanol–water partition coefficient (Wildman–Crippen LogP) is 2.10. The maximum absolute atomic E-state index is 12.8. The van der Waals surface area contributed by atoms with E-state index in [1.54, 1.807) is 8.61 Å². The molecule has 1 saturated heterocycles. The Labute approximate surface area is 142 Å². The molecule has 0 unspecified atom stereocenters. The summed E-state index contributed by atoms with van der Waals surface area (Å²) in [6, 6.07) is 12.1. The molecule has 0 amide bonds. The van der Waals surface area contributed by atoms with Crippen LogP contribution in [0, 0.1) is 6.92 Å². The van der Waals surface area contributed by atoms with Crippen molar-refractivity contribution < 1.29 is 8.42 Å². The largest absolute Gasteiger partial charge is 0.282 e. The van der Waals surface area contributed by atoms with E-state index in [1.807, 2.05) is 48.0 Å². The molecule has 1 aliphatic heterocycles. The number of rotatable bonds is 4. The van der Waals surface area contributed by atoms with Crippen molar-refractivity contribution in [1.82, 2.24) is 18.4 Å². The van der Waals surface area contributed by atoms with Gasteiger partial charge in [0.25, 0.3) is 10.2 Å². The molecule has 1 saturated carbocycles. The minimum Gasteiger partial charge on any atom is -0.238 e. The molecule has 2 aromatic rings. The first-order chi connectivity index (χ1) is 11.6. The lowest BCUT2D eigenvalue weighted by Crippen LogP contribution is -2.50. The van der Waals surface area contributed by atoms with Crippen LogP contribution in [-0.2, 0) is 16.8 Å². The fourth-order valence-corrected chi connectivity index (χ4v) is 5.20. The Kier molecular flexibility index (Phi) is 3.94. The van der Waals surface area contributed by atoms with Crippen LogP contribution in [0.25, 0.3) is 5.69 Å². The van der Waals surface area contributed by atoms with Crippen LogP contribution in [-0.4, -0.2) is 45.9 Å². The van der Waals surface area contributed by atoms with Gasteiger partial charge in [0.15, 0.2) is 0 Å². The number of para-hydroxylation sites is 1. The fourth-order valence-electron chi connectivity index (χ4n) is 3.30. The summed E-state index contributed by atoms with van der Waals surface area (Å²) in [4.78, 5) is 0. The topological polar surface area (TPSA) is 58.4 Å². The van der Waals surface area contributed by atoms with Crippen molar-refractivity contribution in [3.05, 3.63) is 47.8 Å². The van der Waals surface area contributed by atoms with Crippen LogP contribution in [0.5, 0.6) is 0 Å². The lowest BCUT2D eigenvalue weighted by Gasteiger charge is -2.34. The van der Waals surface area contributed by atoms with Gasteiger partial charge in [-0.15, -0.1) is 0 Å². The van der Waals surface area contributed by atoms with Gasteiger partial charge in [-0.25, -0.2) is 4.68 Å². The van der Waals surface area contributed by atoms with Crippen molar-refractivity contribution >= 4 is 10.2 Å². The molecule has 0 bridgehead atoms. The molecule has 6 nitrogen and oxygen atoms in total. The second-order valence-electron chi connectivity index (χ2n) is 6.56. The van der Waals surface area contributed by atoms with E-state index < -0.39 is 10.2 Å². The van der Waals surface area contributed by atoms with Crippen LogP contribution in [0.15, 0.2) is 36.4 Å². The Balaban J connectivity index is 1.57. The van der Waals surface area contributed by atoms with Gasteiger partial charge in [0, 0.05) is 24.8 Å². The summed E-state index contributed by atoms with van der Waals surface area (Å²) in [5, 5.41) is 4.62. The van der Waals surface area contributed by atoms with E-state index in [0.717, 1.165) is 36.3 Å². The fraction of sp³-hybridized carbons (Fsp3) is 0.471. The Morgan fingerprint density at radius 3 is 2.62 bits per heavy atom. The molecular formula is C17H22N4O2S. The zero-order valence-corrected chi connectivity index (χ0v) is 14.6. The van der Waals surface area contributed by atoms with E-state index >= 15 is 0 Å². The molecule has 1 aromatic heterocycles. The minimum atomic E-state index is -3.35. The second-order valence-corrected chi connectivity index (χ2v) is 8.44. The highest BCUT2D eigenvalue weighted by Gasteiger charge is 2.42. The quantitative estimate of drug-likeness (QED) is 0.852. The molecule has 2 fully saturated rings. The normalized spacial score (nSPS) is 21.9. The average molecular weight is 346 g/mol. The third-order valence-electron chi connectivity index (χ3n) is 4.64. The van der Waals surface area contributed by atoms with Gasteiger partial charge in [-0.1, -0.05) is 18.2 Å². The Bertz CT molecular complexity index is 828. The van der Waals surface area contributed by atoms with Crippen molar-refractivity contribution in [2.45, 2.75) is 38.8 Å². The predicted molar refractivity (Wildman–Crippen MR) is 92.0 cm³/mol. The molecule has 1 aliphatic carbocycles. The van der Waals surface area contributed by atoms with Crippen molar-refractivity contribution in [2.75, 3.05) is 13.1 Å². The molecule has 0 N–H and O–H groups in total. The molecule has 0 radical (unpaired) electrons. The first kappa shape index (κ1) is 15.8. The molecule has 2 aliphatic rings. The SMILES string of the molecule is Cc1cc(CN2CCCN(C3CC3)S2(=O)=O)nn1-c1ccccc1. The molecule has 24 heavy (non-hydrogen) atoms. The maximum atomic E-state index is 12.8. The van der Waals surface area contributed by atoms with E-state index in [1.165, 1.54) is 0 Å². The maximum Gasteiger partial charge on any atom is 0.282 e. The van der Waals surface area contributed by atoms with E-state index in [2.05, 4.69) is 5.10 Å². The van der Waals surface area contributed by atoms with Gasteiger partial charge in [0.2, 0.25) is 0 Å². The number of aryl methyl sites for hydroxylation is 1. The summed E-state index contributed by atoms with van der Waals surface area (Å²) in [5.41, 5.74) is 2.78. The standard InChI is InChI=1S/C17H22N4O2S/c1-14-12-15(18-21(14)17-6-3-2-4-7-17)13-19-10-5-11-20(16-8-9-16)24(19,22)23/h2-4,6-7,12,16H,5,8-11,13H2,1H3. The minimum absolute atomic E-state index is 0.224. The van der Waals surface area contributed by atoms with E-state index in [-0.39, 0.29) is 6.04 Å². The Morgan fingerprint density at radius 2 is 1.92 bits per heavy atom. The average Bonchev–Trinajstić information content (AvgIpc) is 3.33. The van der Waals surface area contributed by atoms with E-state index in [9.17, 15) is 8.42 Å².